The number of anilines is 2. The second kappa shape index (κ2) is 15.2. The lowest BCUT2D eigenvalue weighted by atomic mass is 10.1. The van der Waals surface area contributed by atoms with Crippen molar-refractivity contribution in [3.8, 4) is 11.5 Å². The molecule has 3 N–H and O–H groups in total. The minimum atomic E-state index is -0.565. The first-order valence-corrected chi connectivity index (χ1v) is 14.6. The van der Waals surface area contributed by atoms with Crippen molar-refractivity contribution in [2.75, 3.05) is 30.6 Å². The van der Waals surface area contributed by atoms with Gasteiger partial charge in [0.1, 0.15) is 17.2 Å². The van der Waals surface area contributed by atoms with E-state index >= 15 is 0 Å². The van der Waals surface area contributed by atoms with E-state index in [1.807, 2.05) is 6.07 Å². The first-order chi connectivity index (χ1) is 20.8. The van der Waals surface area contributed by atoms with E-state index < -0.39 is 11.8 Å². The van der Waals surface area contributed by atoms with Crippen LogP contribution in [0.1, 0.15) is 15.9 Å². The number of nitrogens with one attached hydrogen (secondary N) is 3. The molecule has 0 fully saturated rings. The van der Waals surface area contributed by atoms with Crippen LogP contribution >= 0.6 is 35.0 Å². The van der Waals surface area contributed by atoms with Crippen LogP contribution in [0.25, 0.3) is 6.08 Å². The van der Waals surface area contributed by atoms with Crippen molar-refractivity contribution < 1.29 is 23.9 Å². The summed E-state index contributed by atoms with van der Waals surface area (Å²) < 4.78 is 10.8. The molecule has 43 heavy (non-hydrogen) atoms. The fourth-order valence-electron chi connectivity index (χ4n) is 3.85. The number of thioether (sulfide) groups is 1. The monoisotopic (exact) mass is 635 g/mol. The lowest BCUT2D eigenvalue weighted by molar-refractivity contribution is -0.114. The fraction of sp³-hybridized carbons (Fsp3) is 0.0938. The SMILES string of the molecule is COc1ccc(OC)c(/C=C(/NC(=O)c2ccccc2)C(=O)Nc2cccc(SCC(=O)Nc3cccc(Cl)c3Cl)c2)c1. The van der Waals surface area contributed by atoms with Gasteiger partial charge in [-0.25, -0.2) is 0 Å². The number of carbonyl (C=O) groups excluding carboxylic acids is 3. The molecular weight excluding hydrogens is 609 g/mol. The molecule has 0 aromatic heterocycles. The molecule has 0 saturated heterocycles. The minimum Gasteiger partial charge on any atom is -0.497 e. The van der Waals surface area contributed by atoms with Gasteiger partial charge in [0.25, 0.3) is 11.8 Å². The smallest absolute Gasteiger partial charge is 0.272 e. The third-order valence-corrected chi connectivity index (χ3v) is 7.77. The number of ether oxygens (including phenoxy) is 2. The lowest BCUT2D eigenvalue weighted by Crippen LogP contribution is -2.30. The molecule has 220 valence electrons. The quantitative estimate of drug-likeness (QED) is 0.119. The van der Waals surface area contributed by atoms with E-state index in [0.29, 0.717) is 39.0 Å². The number of methoxy groups -OCH3 is 2. The van der Waals surface area contributed by atoms with Crippen molar-refractivity contribution in [1.82, 2.24) is 5.32 Å². The van der Waals surface area contributed by atoms with Gasteiger partial charge < -0.3 is 25.4 Å². The standard InChI is InChI=1S/C32H27Cl2N3O5S/c1-41-23-14-15-28(42-2)21(16-23)17-27(37-31(39)20-8-4-3-5-9-20)32(40)35-22-10-6-11-24(18-22)43-19-29(38)36-26-13-7-12-25(33)30(26)34/h3-18H,19H2,1-2H3,(H,35,40)(H,36,38)(H,37,39)/b27-17+. The Hall–Kier alpha value is -4.44. The number of hydrogen-bond donors (Lipinski definition) is 3. The zero-order valence-electron chi connectivity index (χ0n) is 23.2. The fourth-order valence-corrected chi connectivity index (χ4v) is 4.95. The van der Waals surface area contributed by atoms with Crippen molar-refractivity contribution in [1.29, 1.82) is 0 Å². The molecule has 4 aromatic rings. The summed E-state index contributed by atoms with van der Waals surface area (Å²) >= 11 is 13.5. The van der Waals surface area contributed by atoms with Gasteiger partial charge in [-0.2, -0.15) is 0 Å². The van der Waals surface area contributed by atoms with Gasteiger partial charge in [0.15, 0.2) is 0 Å². The molecule has 0 radical (unpaired) electrons. The Labute approximate surface area is 263 Å². The van der Waals surface area contributed by atoms with E-state index in [1.54, 1.807) is 84.9 Å². The molecule has 0 aliphatic rings. The molecule has 4 rings (SSSR count). The molecule has 0 bridgehead atoms. The Balaban J connectivity index is 1.51. The van der Waals surface area contributed by atoms with Crippen molar-refractivity contribution in [3.63, 3.8) is 0 Å². The molecule has 11 heteroatoms. The Kier molecular flexibility index (Phi) is 11.1. The van der Waals surface area contributed by atoms with Crippen molar-refractivity contribution >= 4 is 70.1 Å². The molecule has 0 heterocycles. The molecule has 0 atom stereocenters. The molecule has 0 spiro atoms. The summed E-state index contributed by atoms with van der Waals surface area (Å²) in [5.41, 5.74) is 1.78. The molecular formula is C32H27Cl2N3O5S. The van der Waals surface area contributed by atoms with E-state index in [1.165, 1.54) is 32.1 Å². The first-order valence-electron chi connectivity index (χ1n) is 12.9. The third kappa shape index (κ3) is 8.78. The predicted molar refractivity (Wildman–Crippen MR) is 172 cm³/mol. The highest BCUT2D eigenvalue weighted by atomic mass is 35.5. The number of halogens is 2. The van der Waals surface area contributed by atoms with Crippen LogP contribution in [-0.2, 0) is 9.59 Å². The average molecular weight is 637 g/mol. The third-order valence-electron chi connectivity index (χ3n) is 5.95. The Bertz CT molecular complexity index is 1660. The maximum atomic E-state index is 13.5. The number of rotatable bonds is 11. The Morgan fingerprint density at radius 2 is 1.60 bits per heavy atom. The highest BCUT2D eigenvalue weighted by molar-refractivity contribution is 8.00. The Morgan fingerprint density at radius 1 is 0.837 bits per heavy atom. The second-order valence-corrected chi connectivity index (χ2v) is 10.7. The van der Waals surface area contributed by atoms with Crippen LogP contribution in [0.2, 0.25) is 10.0 Å². The summed E-state index contributed by atoms with van der Waals surface area (Å²) in [5.74, 6) is -0.176. The number of carbonyl (C=O) groups is 3. The summed E-state index contributed by atoms with van der Waals surface area (Å²) in [4.78, 5) is 39.8. The first kappa shape index (κ1) is 31.5. The van der Waals surface area contributed by atoms with Crippen molar-refractivity contribution in [3.05, 3.63) is 118 Å². The van der Waals surface area contributed by atoms with Crippen molar-refractivity contribution in [2.45, 2.75) is 4.90 Å². The summed E-state index contributed by atoms with van der Waals surface area (Å²) in [5, 5.41) is 8.89. The van der Waals surface area contributed by atoms with Crippen LogP contribution in [0.4, 0.5) is 11.4 Å². The van der Waals surface area contributed by atoms with E-state index in [2.05, 4.69) is 16.0 Å². The molecule has 0 saturated carbocycles. The molecule has 0 aliphatic heterocycles. The van der Waals surface area contributed by atoms with Crippen molar-refractivity contribution in [2.24, 2.45) is 0 Å². The lowest BCUT2D eigenvalue weighted by Gasteiger charge is -2.14. The van der Waals surface area contributed by atoms with Gasteiger partial charge in [0.2, 0.25) is 5.91 Å². The van der Waals surface area contributed by atoms with Gasteiger partial charge in [-0.15, -0.1) is 11.8 Å². The largest absolute Gasteiger partial charge is 0.497 e. The van der Waals surface area contributed by atoms with E-state index in [0.717, 1.165) is 4.90 Å². The summed E-state index contributed by atoms with van der Waals surface area (Å²) in [6.45, 7) is 0. The van der Waals surface area contributed by atoms with Gasteiger partial charge in [0.05, 0.1) is 35.7 Å². The maximum absolute atomic E-state index is 13.5. The van der Waals surface area contributed by atoms with Gasteiger partial charge in [0, 0.05) is 21.7 Å². The van der Waals surface area contributed by atoms with Crippen LogP contribution in [0.3, 0.4) is 0 Å². The molecule has 3 amide bonds. The number of hydrogen-bond acceptors (Lipinski definition) is 6. The van der Waals surface area contributed by atoms with Crippen LogP contribution in [0.15, 0.2) is 102 Å². The van der Waals surface area contributed by atoms with E-state index in [-0.39, 0.29) is 22.4 Å². The molecule has 0 aliphatic carbocycles. The minimum absolute atomic E-state index is 0.0174. The van der Waals surface area contributed by atoms with Crippen LogP contribution in [-0.4, -0.2) is 37.7 Å². The van der Waals surface area contributed by atoms with Crippen LogP contribution in [0, 0.1) is 0 Å². The molecule has 4 aromatic carbocycles. The second-order valence-electron chi connectivity index (χ2n) is 8.91. The van der Waals surface area contributed by atoms with Crippen LogP contribution in [0.5, 0.6) is 11.5 Å². The summed E-state index contributed by atoms with van der Waals surface area (Å²) in [7, 11) is 3.04. The van der Waals surface area contributed by atoms with Gasteiger partial charge in [-0.3, -0.25) is 14.4 Å². The predicted octanol–water partition coefficient (Wildman–Crippen LogP) is 7.15. The highest BCUT2D eigenvalue weighted by Crippen LogP contribution is 2.30. The van der Waals surface area contributed by atoms with Gasteiger partial charge >= 0.3 is 0 Å². The summed E-state index contributed by atoms with van der Waals surface area (Å²) in [6.07, 6.45) is 1.52. The molecule has 0 unspecified atom stereocenters. The van der Waals surface area contributed by atoms with Gasteiger partial charge in [-0.05, 0) is 66.7 Å². The maximum Gasteiger partial charge on any atom is 0.272 e. The normalized spacial score (nSPS) is 10.9. The zero-order chi connectivity index (χ0) is 30.8. The topological polar surface area (TPSA) is 106 Å². The highest BCUT2D eigenvalue weighted by Gasteiger charge is 2.17. The van der Waals surface area contributed by atoms with Crippen LogP contribution < -0.4 is 25.4 Å². The van der Waals surface area contributed by atoms with E-state index in [9.17, 15) is 14.4 Å². The average Bonchev–Trinajstić information content (AvgIpc) is 3.02. The zero-order valence-corrected chi connectivity index (χ0v) is 25.5. The molecule has 8 nitrogen and oxygen atoms in total. The van der Waals surface area contributed by atoms with Gasteiger partial charge in [-0.1, -0.05) is 53.5 Å². The number of amides is 3. The van der Waals surface area contributed by atoms with E-state index in [4.69, 9.17) is 32.7 Å². The summed E-state index contributed by atoms with van der Waals surface area (Å²) in [6, 6.07) is 25.7. The number of benzene rings is 4. The Morgan fingerprint density at radius 3 is 2.35 bits per heavy atom.